The van der Waals surface area contributed by atoms with Crippen LogP contribution < -0.4 is 9.47 Å². The number of thiophene rings is 1. The van der Waals surface area contributed by atoms with Crippen LogP contribution in [0.4, 0.5) is 0 Å². The summed E-state index contributed by atoms with van der Waals surface area (Å²) >= 11 is 1.68. The van der Waals surface area contributed by atoms with E-state index in [1.54, 1.807) is 11.3 Å². The minimum absolute atomic E-state index is 0.0279. The Labute approximate surface area is 151 Å². The van der Waals surface area contributed by atoms with Crippen molar-refractivity contribution in [1.82, 2.24) is 4.90 Å². The molecule has 0 radical (unpaired) electrons. The third kappa shape index (κ3) is 3.50. The first-order valence-corrected chi connectivity index (χ1v) is 9.41. The first-order valence-electron chi connectivity index (χ1n) is 8.53. The molecule has 132 valence electrons. The summed E-state index contributed by atoms with van der Waals surface area (Å²) in [5.74, 6) is 1.72. The smallest absolute Gasteiger partial charge is 0.231 e. The van der Waals surface area contributed by atoms with Crippen molar-refractivity contribution >= 4 is 17.2 Å². The predicted molar refractivity (Wildman–Crippen MR) is 95.3 cm³/mol. The monoisotopic (exact) mass is 359 g/mol. The first-order chi connectivity index (χ1) is 12.2. The van der Waals surface area contributed by atoms with Crippen LogP contribution in [-0.2, 0) is 9.53 Å². The number of rotatable bonds is 4. The Morgan fingerprint density at radius 3 is 3.00 bits per heavy atom. The predicted octanol–water partition coefficient (Wildman–Crippen LogP) is 3.25. The standard InChI is InChI=1S/C19H21NO4S/c1-13-11-20(6-7-22-13)19(21)10-15(18-3-2-8-25-18)14-4-5-16-17(9-14)24-12-23-16/h2-5,8-9,13,15H,6-7,10-12H2,1H3. The molecule has 2 aliphatic rings. The number of hydrogen-bond acceptors (Lipinski definition) is 5. The molecule has 1 aromatic heterocycles. The Bertz CT molecular complexity index is 746. The van der Waals surface area contributed by atoms with Crippen molar-refractivity contribution in [2.75, 3.05) is 26.5 Å². The Hall–Kier alpha value is -2.05. The van der Waals surface area contributed by atoms with Gasteiger partial charge in [0, 0.05) is 30.3 Å². The topological polar surface area (TPSA) is 48.0 Å². The lowest BCUT2D eigenvalue weighted by Gasteiger charge is -2.32. The van der Waals surface area contributed by atoms with Gasteiger partial charge < -0.3 is 19.1 Å². The Morgan fingerprint density at radius 1 is 1.32 bits per heavy atom. The van der Waals surface area contributed by atoms with Crippen LogP contribution >= 0.6 is 11.3 Å². The number of nitrogens with zero attached hydrogens (tertiary/aromatic N) is 1. The van der Waals surface area contributed by atoms with E-state index in [-0.39, 0.29) is 24.7 Å². The van der Waals surface area contributed by atoms with Crippen LogP contribution in [0, 0.1) is 0 Å². The number of morpholine rings is 1. The minimum atomic E-state index is 0.0279. The quantitative estimate of drug-likeness (QED) is 0.841. The molecule has 0 aliphatic carbocycles. The molecule has 1 saturated heterocycles. The fourth-order valence-electron chi connectivity index (χ4n) is 3.35. The van der Waals surface area contributed by atoms with E-state index in [0.29, 0.717) is 26.1 Å². The SMILES string of the molecule is CC1CN(C(=O)CC(c2ccc3c(c2)OCO3)c2cccs2)CCO1. The average molecular weight is 359 g/mol. The highest BCUT2D eigenvalue weighted by molar-refractivity contribution is 7.10. The van der Waals surface area contributed by atoms with E-state index >= 15 is 0 Å². The molecule has 2 atom stereocenters. The molecule has 5 nitrogen and oxygen atoms in total. The number of benzene rings is 1. The van der Waals surface area contributed by atoms with Crippen LogP contribution in [0.2, 0.25) is 0 Å². The molecular formula is C19H21NO4S. The van der Waals surface area contributed by atoms with E-state index < -0.39 is 0 Å². The van der Waals surface area contributed by atoms with E-state index in [0.717, 1.165) is 17.1 Å². The van der Waals surface area contributed by atoms with Crippen LogP contribution in [0.15, 0.2) is 35.7 Å². The lowest BCUT2D eigenvalue weighted by molar-refractivity contribution is -0.138. The summed E-state index contributed by atoms with van der Waals surface area (Å²) in [4.78, 5) is 16.0. The number of fused-ring (bicyclic) bond motifs is 1. The van der Waals surface area contributed by atoms with Gasteiger partial charge in [-0.3, -0.25) is 4.79 Å². The van der Waals surface area contributed by atoms with Gasteiger partial charge in [0.25, 0.3) is 0 Å². The number of carbonyl (C=O) groups excluding carboxylic acids is 1. The van der Waals surface area contributed by atoms with Gasteiger partial charge in [-0.25, -0.2) is 0 Å². The summed E-state index contributed by atoms with van der Waals surface area (Å²) < 4.78 is 16.5. The summed E-state index contributed by atoms with van der Waals surface area (Å²) in [7, 11) is 0. The maximum absolute atomic E-state index is 12.9. The van der Waals surface area contributed by atoms with Crippen LogP contribution in [0.1, 0.15) is 29.7 Å². The van der Waals surface area contributed by atoms with Crippen LogP contribution in [0.25, 0.3) is 0 Å². The third-order valence-electron chi connectivity index (χ3n) is 4.66. The van der Waals surface area contributed by atoms with E-state index in [9.17, 15) is 4.79 Å². The molecule has 2 aliphatic heterocycles. The third-order valence-corrected chi connectivity index (χ3v) is 5.64. The maximum atomic E-state index is 12.9. The largest absolute Gasteiger partial charge is 0.454 e. The summed E-state index contributed by atoms with van der Waals surface area (Å²) in [6.45, 7) is 4.21. The van der Waals surface area contributed by atoms with Crippen molar-refractivity contribution in [2.45, 2.75) is 25.4 Å². The van der Waals surface area contributed by atoms with Gasteiger partial charge in [-0.15, -0.1) is 11.3 Å². The van der Waals surface area contributed by atoms with Gasteiger partial charge in [-0.2, -0.15) is 0 Å². The van der Waals surface area contributed by atoms with Crippen molar-refractivity contribution < 1.29 is 19.0 Å². The number of ether oxygens (including phenoxy) is 3. The summed E-state index contributed by atoms with van der Waals surface area (Å²) in [6.07, 6.45) is 0.552. The summed E-state index contributed by atoms with van der Waals surface area (Å²) in [6, 6.07) is 10.1. The molecule has 3 heterocycles. The van der Waals surface area contributed by atoms with Crippen LogP contribution in [-0.4, -0.2) is 43.4 Å². The second kappa shape index (κ2) is 7.06. The zero-order valence-electron chi connectivity index (χ0n) is 14.1. The molecule has 2 unspecified atom stereocenters. The highest BCUT2D eigenvalue weighted by Crippen LogP contribution is 2.39. The zero-order valence-corrected chi connectivity index (χ0v) is 15.0. The van der Waals surface area contributed by atoms with Gasteiger partial charge in [-0.05, 0) is 36.1 Å². The molecule has 1 amide bonds. The Balaban J connectivity index is 1.58. The maximum Gasteiger partial charge on any atom is 0.231 e. The first kappa shape index (κ1) is 16.4. The lowest BCUT2D eigenvalue weighted by Crippen LogP contribution is -2.44. The highest BCUT2D eigenvalue weighted by atomic mass is 32.1. The van der Waals surface area contributed by atoms with E-state index in [2.05, 4.69) is 11.4 Å². The normalized spacial score (nSPS) is 20.5. The lowest BCUT2D eigenvalue weighted by atomic mass is 9.93. The highest BCUT2D eigenvalue weighted by Gasteiger charge is 2.27. The molecular weight excluding hydrogens is 338 g/mol. The number of carbonyl (C=O) groups is 1. The van der Waals surface area contributed by atoms with Crippen molar-refractivity contribution in [1.29, 1.82) is 0 Å². The molecule has 25 heavy (non-hydrogen) atoms. The van der Waals surface area contributed by atoms with Crippen LogP contribution in [0.3, 0.4) is 0 Å². The van der Waals surface area contributed by atoms with Gasteiger partial charge in [0.05, 0.1) is 12.7 Å². The number of hydrogen-bond donors (Lipinski definition) is 0. The number of amides is 1. The zero-order chi connectivity index (χ0) is 17.2. The molecule has 1 aromatic carbocycles. The Morgan fingerprint density at radius 2 is 2.20 bits per heavy atom. The minimum Gasteiger partial charge on any atom is -0.454 e. The van der Waals surface area contributed by atoms with Gasteiger partial charge >= 0.3 is 0 Å². The second-order valence-electron chi connectivity index (χ2n) is 6.41. The van der Waals surface area contributed by atoms with Gasteiger partial charge in [0.1, 0.15) is 0 Å². The summed E-state index contributed by atoms with van der Waals surface area (Å²) in [5.41, 5.74) is 1.08. The van der Waals surface area contributed by atoms with Gasteiger partial charge in [-0.1, -0.05) is 12.1 Å². The Kier molecular flexibility index (Phi) is 4.63. The molecule has 0 N–H and O–H groups in total. The van der Waals surface area contributed by atoms with Gasteiger partial charge in [0.2, 0.25) is 12.7 Å². The average Bonchev–Trinajstić information content (AvgIpc) is 3.30. The van der Waals surface area contributed by atoms with Crippen molar-refractivity contribution in [2.24, 2.45) is 0 Å². The summed E-state index contributed by atoms with van der Waals surface area (Å²) in [5, 5.41) is 2.05. The van der Waals surface area contributed by atoms with Crippen molar-refractivity contribution in [3.8, 4) is 11.5 Å². The van der Waals surface area contributed by atoms with Crippen molar-refractivity contribution in [3.63, 3.8) is 0 Å². The fourth-order valence-corrected chi connectivity index (χ4v) is 4.21. The molecule has 0 saturated carbocycles. The fraction of sp³-hybridized carbons (Fsp3) is 0.421. The molecule has 1 fully saturated rings. The van der Waals surface area contributed by atoms with Crippen molar-refractivity contribution in [3.05, 3.63) is 46.2 Å². The van der Waals surface area contributed by atoms with E-state index in [1.165, 1.54) is 4.88 Å². The second-order valence-corrected chi connectivity index (χ2v) is 7.39. The molecule has 2 aromatic rings. The molecule has 4 rings (SSSR count). The van der Waals surface area contributed by atoms with Gasteiger partial charge in [0.15, 0.2) is 11.5 Å². The van der Waals surface area contributed by atoms with E-state index in [1.807, 2.05) is 36.1 Å². The van der Waals surface area contributed by atoms with Crippen LogP contribution in [0.5, 0.6) is 11.5 Å². The van der Waals surface area contributed by atoms with E-state index in [4.69, 9.17) is 14.2 Å². The molecule has 6 heteroatoms. The molecule has 0 spiro atoms. The molecule has 0 bridgehead atoms.